The van der Waals surface area contributed by atoms with Crippen LogP contribution in [0.5, 0.6) is 0 Å². The number of benzene rings is 1. The van der Waals surface area contributed by atoms with Crippen LogP contribution in [0.25, 0.3) is 0 Å². The Kier molecular flexibility index (Phi) is 6.81. The molecule has 6 nitrogen and oxygen atoms in total. The maximum atomic E-state index is 13.6. The molecular weight excluding hydrogens is 311 g/mol. The summed E-state index contributed by atoms with van der Waals surface area (Å²) in [5, 5.41) is 14.9. The van der Waals surface area contributed by atoms with Gasteiger partial charge in [-0.3, -0.25) is 0 Å². The van der Waals surface area contributed by atoms with Gasteiger partial charge in [-0.05, 0) is 38.1 Å². The molecule has 0 spiro atoms. The van der Waals surface area contributed by atoms with E-state index in [0.29, 0.717) is 25.1 Å². The molecule has 1 saturated heterocycles. The molecule has 7 heteroatoms. The van der Waals surface area contributed by atoms with Crippen LogP contribution in [0.1, 0.15) is 19.8 Å². The predicted molar refractivity (Wildman–Crippen MR) is 94.0 cm³/mol. The van der Waals surface area contributed by atoms with Gasteiger partial charge >= 0.3 is 6.03 Å². The summed E-state index contributed by atoms with van der Waals surface area (Å²) >= 11 is 0. The SMILES string of the molecule is CC[C@H](O)CCNC(=O)Nc1cc(F)ccc1N1CCN(C)CC1. The van der Waals surface area contributed by atoms with E-state index >= 15 is 0 Å². The van der Waals surface area contributed by atoms with Crippen molar-refractivity contribution < 1.29 is 14.3 Å². The van der Waals surface area contributed by atoms with Crippen molar-refractivity contribution in [2.75, 3.05) is 50.0 Å². The normalized spacial score (nSPS) is 16.8. The number of urea groups is 1. The summed E-state index contributed by atoms with van der Waals surface area (Å²) in [5.41, 5.74) is 1.29. The zero-order valence-corrected chi connectivity index (χ0v) is 14.4. The number of halogens is 1. The first-order valence-corrected chi connectivity index (χ1v) is 8.45. The van der Waals surface area contributed by atoms with Gasteiger partial charge in [0.1, 0.15) is 5.82 Å². The van der Waals surface area contributed by atoms with Crippen LogP contribution in [0.4, 0.5) is 20.6 Å². The second-order valence-electron chi connectivity index (χ2n) is 6.18. The molecule has 0 saturated carbocycles. The largest absolute Gasteiger partial charge is 0.393 e. The van der Waals surface area contributed by atoms with E-state index in [1.165, 1.54) is 12.1 Å². The van der Waals surface area contributed by atoms with Crippen molar-refractivity contribution in [3.63, 3.8) is 0 Å². The van der Waals surface area contributed by atoms with Crippen LogP contribution >= 0.6 is 0 Å². The number of hydrogen-bond acceptors (Lipinski definition) is 4. The van der Waals surface area contributed by atoms with Crippen LogP contribution in [0.2, 0.25) is 0 Å². The lowest BCUT2D eigenvalue weighted by Gasteiger charge is -2.35. The third-order valence-corrected chi connectivity index (χ3v) is 4.29. The lowest BCUT2D eigenvalue weighted by atomic mass is 10.2. The standard InChI is InChI=1S/C17H27FN4O2/c1-3-14(23)6-7-19-17(24)20-15-12-13(18)4-5-16(15)22-10-8-21(2)9-11-22/h4-5,12,14,23H,3,6-11H2,1-2H3,(H2,19,20,24)/t14-/m0/s1. The number of aliphatic hydroxyl groups excluding tert-OH is 1. The maximum Gasteiger partial charge on any atom is 0.319 e. The van der Waals surface area contributed by atoms with E-state index in [9.17, 15) is 14.3 Å². The number of anilines is 2. The van der Waals surface area contributed by atoms with Crippen molar-refractivity contribution in [2.45, 2.75) is 25.9 Å². The third kappa shape index (κ3) is 5.35. The molecule has 0 bridgehead atoms. The van der Waals surface area contributed by atoms with Gasteiger partial charge in [-0.1, -0.05) is 6.92 Å². The zero-order chi connectivity index (χ0) is 17.5. The molecule has 1 heterocycles. The zero-order valence-electron chi connectivity index (χ0n) is 14.4. The average Bonchev–Trinajstić information content (AvgIpc) is 2.56. The minimum atomic E-state index is -0.416. The van der Waals surface area contributed by atoms with Crippen LogP contribution in [0.15, 0.2) is 18.2 Å². The van der Waals surface area contributed by atoms with E-state index in [1.54, 1.807) is 6.07 Å². The molecule has 134 valence electrons. The number of aliphatic hydroxyl groups is 1. The third-order valence-electron chi connectivity index (χ3n) is 4.29. The van der Waals surface area contributed by atoms with Crippen LogP contribution in [0.3, 0.4) is 0 Å². The quantitative estimate of drug-likeness (QED) is 0.741. The van der Waals surface area contributed by atoms with Gasteiger partial charge in [0.2, 0.25) is 0 Å². The number of nitrogens with one attached hydrogen (secondary N) is 2. The van der Waals surface area contributed by atoms with E-state index in [-0.39, 0.29) is 11.8 Å². The van der Waals surface area contributed by atoms with E-state index in [1.807, 2.05) is 6.92 Å². The number of rotatable bonds is 6. The topological polar surface area (TPSA) is 67.8 Å². The number of carbonyl (C=O) groups excluding carboxylic acids is 1. The molecule has 1 fully saturated rings. The number of amides is 2. The molecule has 1 aliphatic heterocycles. The molecule has 0 aliphatic carbocycles. The minimum Gasteiger partial charge on any atom is -0.393 e. The Balaban J connectivity index is 1.98. The predicted octanol–water partition coefficient (Wildman–Crippen LogP) is 1.86. The monoisotopic (exact) mass is 338 g/mol. The van der Waals surface area contributed by atoms with Crippen LogP contribution < -0.4 is 15.5 Å². The summed E-state index contributed by atoms with van der Waals surface area (Å²) in [6.07, 6.45) is 0.736. The van der Waals surface area contributed by atoms with E-state index in [0.717, 1.165) is 31.9 Å². The highest BCUT2D eigenvalue weighted by molar-refractivity contribution is 5.93. The van der Waals surface area contributed by atoms with E-state index in [2.05, 4.69) is 27.5 Å². The van der Waals surface area contributed by atoms with Crippen molar-refractivity contribution in [1.82, 2.24) is 10.2 Å². The summed E-state index contributed by atoms with van der Waals surface area (Å²) in [6, 6.07) is 4.07. The van der Waals surface area contributed by atoms with E-state index < -0.39 is 6.10 Å². The Bertz CT molecular complexity index is 547. The fourth-order valence-electron chi connectivity index (χ4n) is 2.65. The molecular formula is C17H27FN4O2. The Morgan fingerprint density at radius 2 is 2.04 bits per heavy atom. The van der Waals surface area contributed by atoms with E-state index in [4.69, 9.17) is 0 Å². The first-order valence-electron chi connectivity index (χ1n) is 8.45. The highest BCUT2D eigenvalue weighted by atomic mass is 19.1. The van der Waals surface area contributed by atoms with Crippen molar-refractivity contribution in [2.24, 2.45) is 0 Å². The molecule has 1 atom stereocenters. The lowest BCUT2D eigenvalue weighted by Crippen LogP contribution is -2.45. The Labute approximate surface area is 142 Å². The van der Waals surface area contributed by atoms with Gasteiger partial charge in [0.05, 0.1) is 17.5 Å². The van der Waals surface area contributed by atoms with Crippen molar-refractivity contribution in [3.8, 4) is 0 Å². The van der Waals surface area contributed by atoms with Gasteiger partial charge < -0.3 is 25.5 Å². The first-order chi connectivity index (χ1) is 11.5. The van der Waals surface area contributed by atoms with Crippen LogP contribution in [-0.4, -0.2) is 61.9 Å². The minimum absolute atomic E-state index is 0.375. The molecule has 1 aliphatic rings. The second kappa shape index (κ2) is 8.84. The molecule has 3 N–H and O–H groups in total. The molecule has 0 unspecified atom stereocenters. The average molecular weight is 338 g/mol. The smallest absolute Gasteiger partial charge is 0.319 e. The summed E-state index contributed by atoms with van der Waals surface area (Å²) in [6.45, 7) is 5.79. The Morgan fingerprint density at radius 3 is 2.71 bits per heavy atom. The second-order valence-corrected chi connectivity index (χ2v) is 6.18. The van der Waals surface area contributed by atoms with Gasteiger partial charge in [0.25, 0.3) is 0 Å². The van der Waals surface area contributed by atoms with Crippen molar-refractivity contribution >= 4 is 17.4 Å². The molecule has 1 aromatic rings. The van der Waals surface area contributed by atoms with Crippen molar-refractivity contribution in [1.29, 1.82) is 0 Å². The fraction of sp³-hybridized carbons (Fsp3) is 0.588. The first kappa shape index (κ1) is 18.5. The number of likely N-dealkylation sites (N-methyl/N-ethyl adjacent to an activating group) is 1. The number of hydrogen-bond donors (Lipinski definition) is 3. The Hall–Kier alpha value is -1.86. The molecule has 2 rings (SSSR count). The van der Waals surface area contributed by atoms with Gasteiger partial charge in [-0.2, -0.15) is 0 Å². The van der Waals surface area contributed by atoms with Gasteiger partial charge in [-0.15, -0.1) is 0 Å². The lowest BCUT2D eigenvalue weighted by molar-refractivity contribution is 0.160. The Morgan fingerprint density at radius 1 is 1.33 bits per heavy atom. The molecule has 0 radical (unpaired) electrons. The summed E-state index contributed by atoms with van der Waals surface area (Å²) in [5.74, 6) is -0.385. The molecule has 1 aromatic carbocycles. The maximum absolute atomic E-state index is 13.6. The van der Waals surface area contributed by atoms with Gasteiger partial charge in [0, 0.05) is 32.7 Å². The molecule has 2 amide bonds. The molecule has 24 heavy (non-hydrogen) atoms. The number of nitrogens with zero attached hydrogens (tertiary/aromatic N) is 2. The number of piperazine rings is 1. The van der Waals surface area contributed by atoms with Crippen molar-refractivity contribution in [3.05, 3.63) is 24.0 Å². The van der Waals surface area contributed by atoms with Crippen LogP contribution in [-0.2, 0) is 0 Å². The summed E-state index contributed by atoms with van der Waals surface area (Å²) < 4.78 is 13.6. The van der Waals surface area contributed by atoms with Gasteiger partial charge in [0.15, 0.2) is 0 Å². The highest BCUT2D eigenvalue weighted by Crippen LogP contribution is 2.27. The summed E-state index contributed by atoms with van der Waals surface area (Å²) in [7, 11) is 2.07. The molecule has 0 aromatic heterocycles. The number of carbonyl (C=O) groups is 1. The summed E-state index contributed by atoms with van der Waals surface area (Å²) in [4.78, 5) is 16.4. The highest BCUT2D eigenvalue weighted by Gasteiger charge is 2.18. The fourth-order valence-corrected chi connectivity index (χ4v) is 2.65. The van der Waals surface area contributed by atoms with Crippen LogP contribution in [0, 0.1) is 5.82 Å². The van der Waals surface area contributed by atoms with Gasteiger partial charge in [-0.25, -0.2) is 9.18 Å².